The van der Waals surface area contributed by atoms with E-state index in [-0.39, 0.29) is 23.8 Å². The molecule has 3 nitrogen and oxygen atoms in total. The van der Waals surface area contributed by atoms with Crippen molar-refractivity contribution in [2.45, 2.75) is 32.2 Å². The lowest BCUT2D eigenvalue weighted by Crippen LogP contribution is -2.43. The van der Waals surface area contributed by atoms with Crippen LogP contribution < -0.4 is 10.5 Å². The van der Waals surface area contributed by atoms with Crippen LogP contribution in [-0.2, 0) is 0 Å². The molecule has 2 rings (SSSR count). The predicted octanol–water partition coefficient (Wildman–Crippen LogP) is 2.39. The van der Waals surface area contributed by atoms with Gasteiger partial charge in [0.15, 0.2) is 11.6 Å². The van der Waals surface area contributed by atoms with Gasteiger partial charge in [-0.05, 0) is 37.5 Å². The molecule has 0 radical (unpaired) electrons. The maximum absolute atomic E-state index is 13.8. The van der Waals surface area contributed by atoms with Gasteiger partial charge in [-0.3, -0.25) is 0 Å². The largest absolute Gasteiger partial charge is 0.491 e. The molecule has 1 aliphatic rings. The van der Waals surface area contributed by atoms with Gasteiger partial charge in [-0.15, -0.1) is 0 Å². The van der Waals surface area contributed by atoms with Gasteiger partial charge in [0.05, 0.1) is 13.2 Å². The number of aliphatic hydroxyl groups is 1. The molecule has 18 heavy (non-hydrogen) atoms. The van der Waals surface area contributed by atoms with Gasteiger partial charge in [0.25, 0.3) is 0 Å². The first-order valence-corrected chi connectivity index (χ1v) is 6.41. The highest BCUT2D eigenvalue weighted by molar-refractivity contribution is 5.32. The van der Waals surface area contributed by atoms with Crippen molar-refractivity contribution in [3.05, 3.63) is 29.6 Å². The number of nitrogens with two attached hydrogens (primary N) is 1. The minimum atomic E-state index is -0.391. The Morgan fingerprint density at radius 3 is 2.67 bits per heavy atom. The smallest absolute Gasteiger partial charge is 0.165 e. The number of ether oxygens (including phenoxy) is 1. The summed E-state index contributed by atoms with van der Waals surface area (Å²) >= 11 is 0. The molecule has 1 aromatic carbocycles. The van der Waals surface area contributed by atoms with Crippen LogP contribution in [0.4, 0.5) is 4.39 Å². The summed E-state index contributed by atoms with van der Waals surface area (Å²) in [5, 5.41) is 9.48. The van der Waals surface area contributed by atoms with Crippen LogP contribution in [0.5, 0.6) is 5.75 Å². The Labute approximate surface area is 107 Å². The molecule has 1 fully saturated rings. The molecule has 0 saturated heterocycles. The molecular formula is C14H20FNO2. The first kappa shape index (κ1) is 13.3. The Bertz CT molecular complexity index is 413. The van der Waals surface area contributed by atoms with Crippen LogP contribution in [0.25, 0.3) is 0 Å². The number of rotatable bonds is 5. The van der Waals surface area contributed by atoms with E-state index in [1.807, 2.05) is 6.92 Å². The topological polar surface area (TPSA) is 55.5 Å². The van der Waals surface area contributed by atoms with Crippen molar-refractivity contribution < 1.29 is 14.2 Å². The third kappa shape index (κ3) is 2.22. The fourth-order valence-electron chi connectivity index (χ4n) is 2.54. The summed E-state index contributed by atoms with van der Waals surface area (Å²) in [5.74, 6) is -0.141. The predicted molar refractivity (Wildman–Crippen MR) is 67.9 cm³/mol. The van der Waals surface area contributed by atoms with Crippen molar-refractivity contribution in [1.29, 1.82) is 0 Å². The van der Waals surface area contributed by atoms with Crippen LogP contribution in [0.15, 0.2) is 18.2 Å². The molecule has 4 heteroatoms. The third-order valence-corrected chi connectivity index (χ3v) is 3.94. The average molecular weight is 253 g/mol. The zero-order chi connectivity index (χ0) is 13.2. The van der Waals surface area contributed by atoms with E-state index >= 15 is 0 Å². The van der Waals surface area contributed by atoms with Gasteiger partial charge in [-0.2, -0.15) is 0 Å². The molecule has 0 amide bonds. The highest BCUT2D eigenvalue weighted by Gasteiger charge is 2.42. The zero-order valence-corrected chi connectivity index (χ0v) is 10.7. The summed E-state index contributed by atoms with van der Waals surface area (Å²) in [7, 11) is 0. The Morgan fingerprint density at radius 1 is 1.50 bits per heavy atom. The molecule has 1 aliphatic carbocycles. The number of aliphatic hydroxyl groups excluding tert-OH is 1. The second-order valence-corrected chi connectivity index (χ2v) is 4.97. The minimum Gasteiger partial charge on any atom is -0.491 e. The summed E-state index contributed by atoms with van der Waals surface area (Å²) in [6.07, 6.45) is 2.88. The lowest BCUT2D eigenvalue weighted by molar-refractivity contribution is 0.0183. The second kappa shape index (κ2) is 5.24. The number of halogens is 1. The van der Waals surface area contributed by atoms with E-state index in [0.29, 0.717) is 6.61 Å². The van der Waals surface area contributed by atoms with Crippen LogP contribution in [0, 0.1) is 11.2 Å². The SMILES string of the molecule is CCOc1ccc(C(N)C2(CO)CCC2)cc1F. The van der Waals surface area contributed by atoms with Gasteiger partial charge < -0.3 is 15.6 Å². The van der Waals surface area contributed by atoms with Crippen molar-refractivity contribution in [2.75, 3.05) is 13.2 Å². The van der Waals surface area contributed by atoms with E-state index in [0.717, 1.165) is 24.8 Å². The van der Waals surface area contributed by atoms with Gasteiger partial charge in [0, 0.05) is 11.5 Å². The van der Waals surface area contributed by atoms with Crippen molar-refractivity contribution in [1.82, 2.24) is 0 Å². The van der Waals surface area contributed by atoms with E-state index in [2.05, 4.69) is 0 Å². The first-order valence-electron chi connectivity index (χ1n) is 6.41. The molecule has 1 aromatic rings. The molecule has 0 bridgehead atoms. The summed E-state index contributed by atoms with van der Waals surface area (Å²) < 4.78 is 18.9. The van der Waals surface area contributed by atoms with Crippen molar-refractivity contribution >= 4 is 0 Å². The fraction of sp³-hybridized carbons (Fsp3) is 0.571. The molecule has 0 spiro atoms. The highest BCUT2D eigenvalue weighted by atomic mass is 19.1. The van der Waals surface area contributed by atoms with E-state index < -0.39 is 5.82 Å². The maximum atomic E-state index is 13.8. The zero-order valence-electron chi connectivity index (χ0n) is 10.7. The minimum absolute atomic E-state index is 0.0585. The molecule has 1 atom stereocenters. The van der Waals surface area contributed by atoms with E-state index in [1.54, 1.807) is 12.1 Å². The fourth-order valence-corrected chi connectivity index (χ4v) is 2.54. The third-order valence-electron chi connectivity index (χ3n) is 3.94. The average Bonchev–Trinajstić information content (AvgIpc) is 2.31. The van der Waals surface area contributed by atoms with Crippen LogP contribution in [0.2, 0.25) is 0 Å². The Kier molecular flexibility index (Phi) is 3.88. The molecule has 100 valence electrons. The lowest BCUT2D eigenvalue weighted by Gasteiger charge is -2.45. The lowest BCUT2D eigenvalue weighted by atomic mass is 9.63. The Hall–Kier alpha value is -1.13. The van der Waals surface area contributed by atoms with Gasteiger partial charge in [-0.25, -0.2) is 4.39 Å². The maximum Gasteiger partial charge on any atom is 0.165 e. The van der Waals surface area contributed by atoms with Gasteiger partial charge in [-0.1, -0.05) is 12.5 Å². The van der Waals surface area contributed by atoms with Gasteiger partial charge >= 0.3 is 0 Å². The quantitative estimate of drug-likeness (QED) is 0.847. The first-order chi connectivity index (χ1) is 8.63. The standard InChI is InChI=1S/C14H20FNO2/c1-2-18-12-5-4-10(8-11(12)15)13(16)14(9-17)6-3-7-14/h4-5,8,13,17H,2-3,6-7,9,16H2,1H3. The van der Waals surface area contributed by atoms with Crippen LogP contribution in [0.3, 0.4) is 0 Å². The summed E-state index contributed by atoms with van der Waals surface area (Å²) in [6.45, 7) is 2.31. The van der Waals surface area contributed by atoms with Crippen molar-refractivity contribution in [2.24, 2.45) is 11.1 Å². The number of benzene rings is 1. The Balaban J connectivity index is 2.20. The van der Waals surface area contributed by atoms with E-state index in [4.69, 9.17) is 10.5 Å². The second-order valence-electron chi connectivity index (χ2n) is 4.97. The van der Waals surface area contributed by atoms with Crippen LogP contribution in [-0.4, -0.2) is 18.3 Å². The van der Waals surface area contributed by atoms with Crippen LogP contribution >= 0.6 is 0 Å². The molecule has 0 aliphatic heterocycles. The van der Waals surface area contributed by atoms with Crippen molar-refractivity contribution in [3.63, 3.8) is 0 Å². The van der Waals surface area contributed by atoms with E-state index in [1.165, 1.54) is 6.07 Å². The van der Waals surface area contributed by atoms with E-state index in [9.17, 15) is 9.50 Å². The summed E-state index contributed by atoms with van der Waals surface area (Å²) in [5.41, 5.74) is 6.63. The molecule has 3 N–H and O–H groups in total. The monoisotopic (exact) mass is 253 g/mol. The normalized spacial score (nSPS) is 19.1. The molecule has 1 unspecified atom stereocenters. The molecule has 0 aromatic heterocycles. The summed E-state index contributed by atoms with van der Waals surface area (Å²) in [4.78, 5) is 0. The number of hydrogen-bond acceptors (Lipinski definition) is 3. The molecule has 1 saturated carbocycles. The Morgan fingerprint density at radius 2 is 2.22 bits per heavy atom. The molecular weight excluding hydrogens is 233 g/mol. The molecule has 0 heterocycles. The summed E-state index contributed by atoms with van der Waals surface area (Å²) in [6, 6.07) is 4.50. The number of hydrogen-bond donors (Lipinski definition) is 2. The van der Waals surface area contributed by atoms with Gasteiger partial charge in [0.1, 0.15) is 0 Å². The highest BCUT2D eigenvalue weighted by Crippen LogP contribution is 2.48. The van der Waals surface area contributed by atoms with Gasteiger partial charge in [0.2, 0.25) is 0 Å². The van der Waals surface area contributed by atoms with Crippen LogP contribution in [0.1, 0.15) is 37.8 Å². The van der Waals surface area contributed by atoms with Crippen molar-refractivity contribution in [3.8, 4) is 5.75 Å².